The molecule has 0 fully saturated rings. The van der Waals surface area contributed by atoms with Crippen LogP contribution in [-0.4, -0.2) is 12.0 Å². The molecule has 122 valence electrons. The van der Waals surface area contributed by atoms with Crippen LogP contribution in [0.5, 0.6) is 5.75 Å². The lowest BCUT2D eigenvalue weighted by molar-refractivity contribution is -0.128. The Morgan fingerprint density at radius 2 is 1.78 bits per heavy atom. The van der Waals surface area contributed by atoms with E-state index in [2.05, 4.69) is 5.32 Å². The van der Waals surface area contributed by atoms with Gasteiger partial charge in [0.25, 0.3) is 5.91 Å². The second-order valence-electron chi connectivity index (χ2n) is 5.25. The Morgan fingerprint density at radius 3 is 2.35 bits per heavy atom. The first-order valence-electron chi connectivity index (χ1n) is 7.47. The Hall–Kier alpha value is -2.07. The van der Waals surface area contributed by atoms with Crippen molar-refractivity contribution in [2.24, 2.45) is 0 Å². The van der Waals surface area contributed by atoms with Crippen LogP contribution in [0.15, 0.2) is 48.5 Å². The van der Waals surface area contributed by atoms with E-state index in [9.17, 15) is 9.18 Å². The van der Waals surface area contributed by atoms with E-state index < -0.39 is 6.10 Å². The lowest BCUT2D eigenvalue weighted by Gasteiger charge is -2.21. The molecule has 0 bridgehead atoms. The molecular formula is C18H19ClFNO2. The van der Waals surface area contributed by atoms with Crippen LogP contribution in [0.2, 0.25) is 5.02 Å². The number of ether oxygens (including phenoxy) is 1. The number of carbonyl (C=O) groups is 1. The molecule has 0 radical (unpaired) electrons. The van der Waals surface area contributed by atoms with Crippen molar-refractivity contribution < 1.29 is 13.9 Å². The molecule has 0 saturated carbocycles. The molecule has 2 aromatic carbocycles. The lowest BCUT2D eigenvalue weighted by Crippen LogP contribution is -2.39. The van der Waals surface area contributed by atoms with E-state index in [4.69, 9.17) is 16.3 Å². The smallest absolute Gasteiger partial charge is 0.261 e. The van der Waals surface area contributed by atoms with Gasteiger partial charge in [0.1, 0.15) is 11.6 Å². The molecule has 0 aliphatic carbocycles. The molecule has 23 heavy (non-hydrogen) atoms. The average Bonchev–Trinajstić information content (AvgIpc) is 2.54. The van der Waals surface area contributed by atoms with Crippen LogP contribution in [0.25, 0.3) is 0 Å². The molecule has 0 heterocycles. The summed E-state index contributed by atoms with van der Waals surface area (Å²) in [5, 5.41) is 3.50. The van der Waals surface area contributed by atoms with Gasteiger partial charge in [-0.15, -0.1) is 0 Å². The average molecular weight is 336 g/mol. The Morgan fingerprint density at radius 1 is 1.17 bits per heavy atom. The third kappa shape index (κ3) is 4.96. The number of hydrogen-bond acceptors (Lipinski definition) is 2. The zero-order valence-corrected chi connectivity index (χ0v) is 13.8. The van der Waals surface area contributed by atoms with Gasteiger partial charge in [-0.25, -0.2) is 4.39 Å². The van der Waals surface area contributed by atoms with E-state index in [1.807, 2.05) is 13.8 Å². The molecule has 2 rings (SSSR count). The number of nitrogens with one attached hydrogen (secondary N) is 1. The molecule has 0 saturated heterocycles. The predicted molar refractivity (Wildman–Crippen MR) is 89.1 cm³/mol. The van der Waals surface area contributed by atoms with E-state index in [0.29, 0.717) is 17.2 Å². The molecule has 0 spiro atoms. The minimum Gasteiger partial charge on any atom is -0.481 e. The zero-order valence-electron chi connectivity index (χ0n) is 13.1. The number of carbonyl (C=O) groups excluding carboxylic acids is 1. The summed E-state index contributed by atoms with van der Waals surface area (Å²) in [6.45, 7) is 3.73. The second kappa shape index (κ2) is 7.97. The van der Waals surface area contributed by atoms with Crippen LogP contribution >= 0.6 is 11.6 Å². The molecule has 5 heteroatoms. The Labute approximate surface area is 140 Å². The number of amides is 1. The molecule has 3 nitrogen and oxygen atoms in total. The highest BCUT2D eigenvalue weighted by Gasteiger charge is 2.20. The minimum atomic E-state index is -0.598. The molecule has 0 aliphatic rings. The van der Waals surface area contributed by atoms with Crippen LogP contribution in [0.4, 0.5) is 4.39 Å². The number of rotatable bonds is 6. The van der Waals surface area contributed by atoms with Crippen molar-refractivity contribution in [3.8, 4) is 5.75 Å². The number of benzene rings is 2. The highest BCUT2D eigenvalue weighted by molar-refractivity contribution is 6.30. The minimum absolute atomic E-state index is 0.209. The number of hydrogen-bond donors (Lipinski definition) is 1. The van der Waals surface area contributed by atoms with Crippen molar-refractivity contribution in [1.82, 2.24) is 5.32 Å². The van der Waals surface area contributed by atoms with E-state index in [1.165, 1.54) is 12.1 Å². The van der Waals surface area contributed by atoms with Gasteiger partial charge in [-0.3, -0.25) is 4.79 Å². The fourth-order valence-corrected chi connectivity index (χ4v) is 2.27. The van der Waals surface area contributed by atoms with Gasteiger partial charge in [-0.1, -0.05) is 30.7 Å². The van der Waals surface area contributed by atoms with Crippen molar-refractivity contribution >= 4 is 17.5 Å². The fourth-order valence-electron chi connectivity index (χ4n) is 2.14. The maximum absolute atomic E-state index is 12.9. The molecule has 0 aliphatic heterocycles. The molecular weight excluding hydrogens is 317 g/mol. The summed E-state index contributed by atoms with van der Waals surface area (Å²) in [5.74, 6) is 0.0786. The van der Waals surface area contributed by atoms with E-state index in [-0.39, 0.29) is 17.8 Å². The van der Waals surface area contributed by atoms with Crippen molar-refractivity contribution in [3.05, 3.63) is 64.9 Å². The Kier molecular flexibility index (Phi) is 5.99. The quantitative estimate of drug-likeness (QED) is 0.843. The summed E-state index contributed by atoms with van der Waals surface area (Å²) >= 11 is 5.83. The Balaban J connectivity index is 1.99. The number of halogens is 2. The standard InChI is InChI=1S/C18H19ClFNO2/c1-3-17(23-16-10-6-14(19)7-11-16)18(22)21-12(2)13-4-8-15(20)9-5-13/h4-12,17H,3H2,1-2H3,(H,21,22)/t12-,17-/m0/s1. The van der Waals surface area contributed by atoms with Crippen LogP contribution in [0, 0.1) is 5.82 Å². The third-order valence-electron chi connectivity index (χ3n) is 3.48. The normalized spacial score (nSPS) is 13.2. The van der Waals surface area contributed by atoms with Crippen LogP contribution in [0.1, 0.15) is 31.9 Å². The van der Waals surface area contributed by atoms with E-state index in [1.54, 1.807) is 36.4 Å². The first kappa shape index (κ1) is 17.3. The monoisotopic (exact) mass is 335 g/mol. The molecule has 2 atom stereocenters. The van der Waals surface area contributed by atoms with E-state index in [0.717, 1.165) is 5.56 Å². The van der Waals surface area contributed by atoms with Crippen molar-refractivity contribution in [3.63, 3.8) is 0 Å². The van der Waals surface area contributed by atoms with Gasteiger partial charge in [0, 0.05) is 5.02 Å². The van der Waals surface area contributed by atoms with Gasteiger partial charge in [0.15, 0.2) is 6.10 Å². The highest BCUT2D eigenvalue weighted by Crippen LogP contribution is 2.19. The van der Waals surface area contributed by atoms with Crippen LogP contribution in [-0.2, 0) is 4.79 Å². The molecule has 0 unspecified atom stereocenters. The van der Waals surface area contributed by atoms with Crippen LogP contribution < -0.4 is 10.1 Å². The van der Waals surface area contributed by atoms with Crippen molar-refractivity contribution in [2.45, 2.75) is 32.4 Å². The first-order chi connectivity index (χ1) is 11.0. The summed E-state index contributed by atoms with van der Waals surface area (Å²) in [6.07, 6.45) is -0.0657. The lowest BCUT2D eigenvalue weighted by atomic mass is 10.1. The second-order valence-corrected chi connectivity index (χ2v) is 5.69. The summed E-state index contributed by atoms with van der Waals surface area (Å²) < 4.78 is 18.7. The van der Waals surface area contributed by atoms with Gasteiger partial charge in [-0.05, 0) is 55.3 Å². The summed E-state index contributed by atoms with van der Waals surface area (Å²) in [4.78, 5) is 12.4. The van der Waals surface area contributed by atoms with Gasteiger partial charge < -0.3 is 10.1 Å². The van der Waals surface area contributed by atoms with Gasteiger partial charge >= 0.3 is 0 Å². The molecule has 2 aromatic rings. The highest BCUT2D eigenvalue weighted by atomic mass is 35.5. The van der Waals surface area contributed by atoms with Gasteiger partial charge in [0.05, 0.1) is 6.04 Å². The first-order valence-corrected chi connectivity index (χ1v) is 7.85. The van der Waals surface area contributed by atoms with Crippen molar-refractivity contribution in [2.75, 3.05) is 0 Å². The molecule has 1 amide bonds. The molecule has 0 aromatic heterocycles. The summed E-state index contributed by atoms with van der Waals surface area (Å²) in [7, 11) is 0. The summed E-state index contributed by atoms with van der Waals surface area (Å²) in [6, 6.07) is 12.7. The maximum Gasteiger partial charge on any atom is 0.261 e. The Bertz CT molecular complexity index is 643. The zero-order chi connectivity index (χ0) is 16.8. The van der Waals surface area contributed by atoms with Gasteiger partial charge in [-0.2, -0.15) is 0 Å². The van der Waals surface area contributed by atoms with Crippen LogP contribution in [0.3, 0.4) is 0 Å². The third-order valence-corrected chi connectivity index (χ3v) is 3.74. The topological polar surface area (TPSA) is 38.3 Å². The van der Waals surface area contributed by atoms with Crippen molar-refractivity contribution in [1.29, 1.82) is 0 Å². The SMILES string of the molecule is CC[C@H](Oc1ccc(Cl)cc1)C(=O)N[C@@H](C)c1ccc(F)cc1. The maximum atomic E-state index is 12.9. The van der Waals surface area contributed by atoms with E-state index >= 15 is 0 Å². The van der Waals surface area contributed by atoms with Gasteiger partial charge in [0.2, 0.25) is 0 Å². The summed E-state index contributed by atoms with van der Waals surface area (Å²) in [5.41, 5.74) is 0.834. The fraction of sp³-hybridized carbons (Fsp3) is 0.278. The largest absolute Gasteiger partial charge is 0.481 e. The predicted octanol–water partition coefficient (Wildman–Crippen LogP) is 4.51. The molecule has 1 N–H and O–H groups in total.